The van der Waals surface area contributed by atoms with E-state index in [0.717, 1.165) is 37.4 Å². The van der Waals surface area contributed by atoms with Gasteiger partial charge in [-0.15, -0.1) is 0 Å². The second-order valence-electron chi connectivity index (χ2n) is 5.56. The van der Waals surface area contributed by atoms with Crippen molar-refractivity contribution in [3.8, 4) is 6.07 Å². The molecule has 0 bridgehead atoms. The molecule has 2 N–H and O–H groups in total. The summed E-state index contributed by atoms with van der Waals surface area (Å²) in [5.74, 6) is 0. The van der Waals surface area contributed by atoms with Gasteiger partial charge in [0.25, 0.3) is 0 Å². The van der Waals surface area contributed by atoms with Gasteiger partial charge in [0.1, 0.15) is 6.07 Å². The van der Waals surface area contributed by atoms with Crippen LogP contribution in [0, 0.1) is 11.3 Å². The van der Waals surface area contributed by atoms with Crippen LogP contribution in [-0.4, -0.2) is 43.2 Å². The summed E-state index contributed by atoms with van der Waals surface area (Å²) in [6.07, 6.45) is 2.35. The molecule has 19 heavy (non-hydrogen) atoms. The third-order valence-corrected chi connectivity index (χ3v) is 4.28. The van der Waals surface area contributed by atoms with E-state index in [1.165, 1.54) is 12.8 Å². The highest BCUT2D eigenvalue weighted by molar-refractivity contribution is 5.59. The van der Waals surface area contributed by atoms with Crippen LogP contribution in [0.1, 0.15) is 18.4 Å². The summed E-state index contributed by atoms with van der Waals surface area (Å²) in [5.41, 5.74) is 7.71. The molecule has 0 saturated carbocycles. The first-order valence-corrected chi connectivity index (χ1v) is 7.01. The Balaban J connectivity index is 1.62. The summed E-state index contributed by atoms with van der Waals surface area (Å²) in [6, 6.07) is 11.2. The van der Waals surface area contributed by atoms with Crippen molar-refractivity contribution >= 4 is 5.69 Å². The molecule has 3 rings (SSSR count). The lowest BCUT2D eigenvalue weighted by Gasteiger charge is -2.46. The van der Waals surface area contributed by atoms with Crippen molar-refractivity contribution < 1.29 is 0 Å². The highest BCUT2D eigenvalue weighted by Crippen LogP contribution is 2.26. The van der Waals surface area contributed by atoms with Crippen LogP contribution >= 0.6 is 0 Å². The second kappa shape index (κ2) is 5.20. The minimum atomic E-state index is 0.386. The average Bonchev–Trinajstić information content (AvgIpc) is 2.44. The topological polar surface area (TPSA) is 56.3 Å². The third-order valence-electron chi connectivity index (χ3n) is 4.28. The largest absolute Gasteiger partial charge is 0.370 e. The van der Waals surface area contributed by atoms with E-state index >= 15 is 0 Å². The number of para-hydroxylation sites is 1. The fraction of sp³-hybridized carbons (Fsp3) is 0.533. The highest BCUT2D eigenvalue weighted by atomic mass is 15.3. The van der Waals surface area contributed by atoms with Crippen molar-refractivity contribution in [3.05, 3.63) is 29.8 Å². The van der Waals surface area contributed by atoms with Gasteiger partial charge in [-0.1, -0.05) is 12.1 Å². The average molecular weight is 256 g/mol. The lowest BCUT2D eigenvalue weighted by molar-refractivity contribution is 0.0792. The van der Waals surface area contributed by atoms with Crippen LogP contribution in [0.15, 0.2) is 24.3 Å². The molecule has 4 heteroatoms. The monoisotopic (exact) mass is 256 g/mol. The van der Waals surface area contributed by atoms with Crippen LogP contribution < -0.4 is 10.6 Å². The first kappa shape index (κ1) is 12.5. The van der Waals surface area contributed by atoms with Crippen molar-refractivity contribution in [2.24, 2.45) is 5.73 Å². The van der Waals surface area contributed by atoms with E-state index in [0.29, 0.717) is 12.1 Å². The normalized spacial score (nSPS) is 22.0. The van der Waals surface area contributed by atoms with E-state index in [2.05, 4.69) is 21.9 Å². The molecule has 0 unspecified atom stereocenters. The van der Waals surface area contributed by atoms with Crippen molar-refractivity contribution in [2.45, 2.75) is 24.9 Å². The molecule has 100 valence electrons. The molecule has 2 aliphatic rings. The minimum Gasteiger partial charge on any atom is -0.370 e. The zero-order valence-electron chi connectivity index (χ0n) is 11.1. The Morgan fingerprint density at radius 2 is 1.84 bits per heavy atom. The lowest BCUT2D eigenvalue weighted by atomic mass is 9.97. The molecule has 0 aromatic heterocycles. The predicted molar refractivity (Wildman–Crippen MR) is 75.9 cm³/mol. The molecule has 0 amide bonds. The minimum absolute atomic E-state index is 0.386. The zero-order chi connectivity index (χ0) is 13.2. The molecule has 0 aliphatic carbocycles. The van der Waals surface area contributed by atoms with Gasteiger partial charge in [-0.3, -0.25) is 4.90 Å². The van der Waals surface area contributed by atoms with Crippen molar-refractivity contribution in [3.63, 3.8) is 0 Å². The molecule has 2 saturated heterocycles. The Morgan fingerprint density at radius 3 is 2.47 bits per heavy atom. The summed E-state index contributed by atoms with van der Waals surface area (Å²) < 4.78 is 0. The van der Waals surface area contributed by atoms with Gasteiger partial charge in [0, 0.05) is 38.3 Å². The molecule has 4 nitrogen and oxygen atoms in total. The second-order valence-corrected chi connectivity index (χ2v) is 5.56. The Labute approximate surface area is 114 Å². The molecule has 2 heterocycles. The van der Waals surface area contributed by atoms with E-state index in [9.17, 15) is 0 Å². The van der Waals surface area contributed by atoms with Gasteiger partial charge in [0.2, 0.25) is 0 Å². The van der Waals surface area contributed by atoms with Crippen molar-refractivity contribution in [1.82, 2.24) is 4.90 Å². The number of nitrogens with two attached hydrogens (primary N) is 1. The molecule has 1 aromatic carbocycles. The van der Waals surface area contributed by atoms with Crippen LogP contribution in [0.5, 0.6) is 0 Å². The SMILES string of the molecule is N#Cc1ccccc1N1CCC(N2CC(N)C2)CC1. The Hall–Kier alpha value is -1.57. The van der Waals surface area contributed by atoms with Crippen molar-refractivity contribution in [1.29, 1.82) is 5.26 Å². The quantitative estimate of drug-likeness (QED) is 0.863. The number of likely N-dealkylation sites (tertiary alicyclic amines) is 1. The maximum atomic E-state index is 9.17. The van der Waals surface area contributed by atoms with Crippen LogP contribution in [0.3, 0.4) is 0 Å². The van der Waals surface area contributed by atoms with Gasteiger partial charge in [-0.25, -0.2) is 0 Å². The molecule has 0 spiro atoms. The van der Waals surface area contributed by atoms with Crippen LogP contribution in [0.25, 0.3) is 0 Å². The zero-order valence-corrected chi connectivity index (χ0v) is 11.1. The van der Waals surface area contributed by atoms with Gasteiger partial charge < -0.3 is 10.6 Å². The number of nitrogens with zero attached hydrogens (tertiary/aromatic N) is 3. The van der Waals surface area contributed by atoms with Crippen LogP contribution in [-0.2, 0) is 0 Å². The summed E-state index contributed by atoms with van der Waals surface area (Å²) in [5, 5.41) is 9.17. The highest BCUT2D eigenvalue weighted by Gasteiger charge is 2.32. The number of hydrogen-bond acceptors (Lipinski definition) is 4. The third kappa shape index (κ3) is 2.44. The lowest BCUT2D eigenvalue weighted by Crippen LogP contribution is -2.61. The summed E-state index contributed by atoms with van der Waals surface area (Å²) in [4.78, 5) is 4.84. The summed E-state index contributed by atoms with van der Waals surface area (Å²) >= 11 is 0. The maximum absolute atomic E-state index is 9.17. The van der Waals surface area contributed by atoms with Gasteiger partial charge >= 0.3 is 0 Å². The smallest absolute Gasteiger partial charge is 0.101 e. The Morgan fingerprint density at radius 1 is 1.16 bits per heavy atom. The molecule has 0 radical (unpaired) electrons. The molecular weight excluding hydrogens is 236 g/mol. The van der Waals surface area contributed by atoms with E-state index < -0.39 is 0 Å². The maximum Gasteiger partial charge on any atom is 0.101 e. The molecule has 2 aliphatic heterocycles. The van der Waals surface area contributed by atoms with E-state index in [1.807, 2.05) is 18.2 Å². The van der Waals surface area contributed by atoms with Gasteiger partial charge in [-0.05, 0) is 25.0 Å². The summed E-state index contributed by atoms with van der Waals surface area (Å²) in [6.45, 7) is 4.18. The first-order valence-electron chi connectivity index (χ1n) is 7.01. The fourth-order valence-electron chi connectivity index (χ4n) is 3.16. The number of rotatable bonds is 2. The van der Waals surface area contributed by atoms with Crippen LogP contribution in [0.2, 0.25) is 0 Å². The summed E-state index contributed by atoms with van der Waals surface area (Å²) in [7, 11) is 0. The van der Waals surface area contributed by atoms with Crippen LogP contribution in [0.4, 0.5) is 5.69 Å². The number of piperidine rings is 1. The molecule has 0 atom stereocenters. The van der Waals surface area contributed by atoms with E-state index in [1.54, 1.807) is 0 Å². The Bertz CT molecular complexity index is 479. The number of benzene rings is 1. The standard InChI is InChI=1S/C15H20N4/c16-9-12-3-1-2-4-15(12)18-7-5-14(6-8-18)19-10-13(17)11-19/h1-4,13-14H,5-8,10-11,17H2. The van der Waals surface area contributed by atoms with E-state index in [-0.39, 0.29) is 0 Å². The predicted octanol–water partition coefficient (Wildman–Crippen LogP) is 1.17. The molecular formula is C15H20N4. The van der Waals surface area contributed by atoms with Gasteiger partial charge in [-0.2, -0.15) is 5.26 Å². The molecule has 1 aromatic rings. The van der Waals surface area contributed by atoms with Gasteiger partial charge in [0.15, 0.2) is 0 Å². The Kier molecular flexibility index (Phi) is 3.41. The van der Waals surface area contributed by atoms with E-state index in [4.69, 9.17) is 11.0 Å². The fourth-order valence-corrected chi connectivity index (χ4v) is 3.16. The number of nitriles is 1. The first-order chi connectivity index (χ1) is 9.28. The molecule has 2 fully saturated rings. The number of hydrogen-bond donors (Lipinski definition) is 1. The number of anilines is 1. The van der Waals surface area contributed by atoms with Gasteiger partial charge in [0.05, 0.1) is 11.3 Å². The van der Waals surface area contributed by atoms with Crippen molar-refractivity contribution in [2.75, 3.05) is 31.1 Å².